The summed E-state index contributed by atoms with van der Waals surface area (Å²) in [5.74, 6) is -0.0548. The molecule has 8 heteroatoms. The first-order valence-electron chi connectivity index (χ1n) is 8.70. The third kappa shape index (κ3) is 6.03. The second kappa shape index (κ2) is 10.4. The van der Waals surface area contributed by atoms with E-state index in [4.69, 9.17) is 0 Å². The van der Waals surface area contributed by atoms with Crippen LogP contribution in [0.4, 0.5) is 5.00 Å². The molecule has 2 amide bonds. The van der Waals surface area contributed by atoms with Gasteiger partial charge in [0.15, 0.2) is 4.34 Å². The molecular weight excluding hydrogens is 470 g/mol. The van der Waals surface area contributed by atoms with Crippen LogP contribution in [-0.4, -0.2) is 29.1 Å². The molecule has 0 radical (unpaired) electrons. The van der Waals surface area contributed by atoms with Crippen LogP contribution < -0.4 is 10.6 Å². The third-order valence-electron chi connectivity index (χ3n) is 3.76. The van der Waals surface area contributed by atoms with Gasteiger partial charge in [-0.3, -0.25) is 9.59 Å². The number of nitrogens with zero attached hydrogens (tertiary/aromatic N) is 1. The number of carbonyl (C=O) groups is 2. The SMILES string of the molecule is C=CCNC(=O)CSc1nc(-c2ccccc2)c(NC(=O)c2ccc(Br)cc2)s1. The summed E-state index contributed by atoms with van der Waals surface area (Å²) in [6.07, 6.45) is 1.63. The number of hydrogen-bond acceptors (Lipinski definition) is 5. The molecule has 0 aliphatic rings. The number of rotatable bonds is 8. The number of hydrogen-bond donors (Lipinski definition) is 2. The fourth-order valence-electron chi connectivity index (χ4n) is 2.38. The number of nitrogens with one attached hydrogen (secondary N) is 2. The van der Waals surface area contributed by atoms with Gasteiger partial charge in [0, 0.05) is 22.1 Å². The van der Waals surface area contributed by atoms with Crippen LogP contribution in [0.5, 0.6) is 0 Å². The minimum Gasteiger partial charge on any atom is -0.352 e. The maximum atomic E-state index is 12.7. The Labute approximate surface area is 185 Å². The Kier molecular flexibility index (Phi) is 7.62. The van der Waals surface area contributed by atoms with Crippen molar-refractivity contribution in [3.8, 4) is 11.3 Å². The summed E-state index contributed by atoms with van der Waals surface area (Å²) in [7, 11) is 0. The van der Waals surface area contributed by atoms with E-state index >= 15 is 0 Å². The molecule has 2 aromatic carbocycles. The van der Waals surface area contributed by atoms with Crippen LogP contribution in [0.2, 0.25) is 0 Å². The highest BCUT2D eigenvalue weighted by atomic mass is 79.9. The summed E-state index contributed by atoms with van der Waals surface area (Å²) < 4.78 is 1.62. The summed E-state index contributed by atoms with van der Waals surface area (Å²) in [5.41, 5.74) is 2.14. The van der Waals surface area contributed by atoms with E-state index in [1.807, 2.05) is 42.5 Å². The third-order valence-corrected chi connectivity index (χ3v) is 6.40. The number of anilines is 1. The number of benzene rings is 2. The molecule has 0 saturated carbocycles. The van der Waals surface area contributed by atoms with E-state index in [2.05, 4.69) is 38.1 Å². The predicted molar refractivity (Wildman–Crippen MR) is 124 cm³/mol. The van der Waals surface area contributed by atoms with Crippen LogP contribution >= 0.6 is 39.0 Å². The van der Waals surface area contributed by atoms with E-state index in [0.717, 1.165) is 10.0 Å². The van der Waals surface area contributed by atoms with Gasteiger partial charge in [-0.05, 0) is 24.3 Å². The molecule has 0 fully saturated rings. The Morgan fingerprint density at radius 3 is 2.55 bits per heavy atom. The molecule has 0 bridgehead atoms. The van der Waals surface area contributed by atoms with Crippen molar-refractivity contribution in [1.29, 1.82) is 0 Å². The average Bonchev–Trinajstić information content (AvgIpc) is 3.14. The fraction of sp³-hybridized carbons (Fsp3) is 0.0952. The Bertz CT molecular complexity index is 1000. The molecule has 1 aromatic heterocycles. The van der Waals surface area contributed by atoms with Crippen molar-refractivity contribution in [2.75, 3.05) is 17.6 Å². The topological polar surface area (TPSA) is 71.1 Å². The lowest BCUT2D eigenvalue weighted by Gasteiger charge is -2.05. The summed E-state index contributed by atoms with van der Waals surface area (Å²) in [5, 5.41) is 6.35. The second-order valence-corrected chi connectivity index (χ2v) is 9.00. The maximum Gasteiger partial charge on any atom is 0.256 e. The van der Waals surface area contributed by atoms with Crippen LogP contribution in [0, 0.1) is 0 Å². The highest BCUT2D eigenvalue weighted by Crippen LogP contribution is 2.37. The summed E-state index contributed by atoms with van der Waals surface area (Å²) in [6, 6.07) is 16.8. The number of thiazole rings is 1. The van der Waals surface area contributed by atoms with E-state index in [1.54, 1.807) is 18.2 Å². The summed E-state index contributed by atoms with van der Waals surface area (Å²) in [6.45, 7) is 4.01. The van der Waals surface area contributed by atoms with Crippen molar-refractivity contribution in [3.05, 3.63) is 77.3 Å². The lowest BCUT2D eigenvalue weighted by atomic mass is 10.1. The number of carbonyl (C=O) groups excluding carboxylic acids is 2. The average molecular weight is 488 g/mol. The number of aromatic nitrogens is 1. The molecule has 0 spiro atoms. The lowest BCUT2D eigenvalue weighted by molar-refractivity contribution is -0.118. The van der Waals surface area contributed by atoms with Gasteiger partial charge in [-0.1, -0.05) is 75.4 Å². The normalized spacial score (nSPS) is 10.4. The smallest absolute Gasteiger partial charge is 0.256 e. The minimum absolute atomic E-state index is 0.0909. The number of amides is 2. The molecule has 29 heavy (non-hydrogen) atoms. The van der Waals surface area contributed by atoms with Crippen molar-refractivity contribution in [3.63, 3.8) is 0 Å². The zero-order valence-electron chi connectivity index (χ0n) is 15.4. The lowest BCUT2D eigenvalue weighted by Crippen LogP contribution is -2.24. The van der Waals surface area contributed by atoms with E-state index in [1.165, 1.54) is 23.1 Å². The second-order valence-electron chi connectivity index (χ2n) is 5.87. The van der Waals surface area contributed by atoms with Gasteiger partial charge >= 0.3 is 0 Å². The van der Waals surface area contributed by atoms with Crippen molar-refractivity contribution >= 4 is 55.8 Å². The van der Waals surface area contributed by atoms with Crippen LogP contribution in [0.3, 0.4) is 0 Å². The van der Waals surface area contributed by atoms with Crippen LogP contribution in [0.15, 0.2) is 76.1 Å². The first kappa shape index (κ1) is 21.3. The molecular formula is C21H18BrN3O2S2. The maximum absolute atomic E-state index is 12.7. The molecule has 148 valence electrons. The molecule has 0 aliphatic heterocycles. The zero-order valence-corrected chi connectivity index (χ0v) is 18.6. The van der Waals surface area contributed by atoms with Gasteiger partial charge in [-0.25, -0.2) is 4.98 Å². The molecule has 3 aromatic rings. The van der Waals surface area contributed by atoms with E-state index in [-0.39, 0.29) is 17.6 Å². The van der Waals surface area contributed by atoms with Crippen molar-refractivity contribution in [2.45, 2.75) is 4.34 Å². The number of thioether (sulfide) groups is 1. The van der Waals surface area contributed by atoms with Crippen LogP contribution in [0.1, 0.15) is 10.4 Å². The highest BCUT2D eigenvalue weighted by molar-refractivity contribution is 9.10. The van der Waals surface area contributed by atoms with Crippen molar-refractivity contribution < 1.29 is 9.59 Å². The first-order valence-corrected chi connectivity index (χ1v) is 11.3. The van der Waals surface area contributed by atoms with E-state index in [9.17, 15) is 9.59 Å². The zero-order chi connectivity index (χ0) is 20.6. The molecule has 5 nitrogen and oxygen atoms in total. The van der Waals surface area contributed by atoms with Crippen molar-refractivity contribution in [1.82, 2.24) is 10.3 Å². The minimum atomic E-state index is -0.210. The Morgan fingerprint density at radius 1 is 1.14 bits per heavy atom. The quantitative estimate of drug-likeness (QED) is 0.337. The van der Waals surface area contributed by atoms with Gasteiger partial charge < -0.3 is 10.6 Å². The van der Waals surface area contributed by atoms with Gasteiger partial charge in [-0.15, -0.1) is 6.58 Å². The standard InChI is InChI=1S/C21H18BrN3O2S2/c1-2-12-23-17(26)13-28-21-24-18(14-6-4-3-5-7-14)20(29-21)25-19(27)15-8-10-16(22)11-9-15/h2-11H,1,12-13H2,(H,23,26)(H,25,27). The first-order chi connectivity index (χ1) is 14.1. The predicted octanol–water partition coefficient (Wildman–Crippen LogP) is 5.22. The van der Waals surface area contributed by atoms with Crippen molar-refractivity contribution in [2.24, 2.45) is 0 Å². The van der Waals surface area contributed by atoms with Gasteiger partial charge in [-0.2, -0.15) is 0 Å². The summed E-state index contributed by atoms with van der Waals surface area (Å²) >= 11 is 6.06. The van der Waals surface area contributed by atoms with E-state index in [0.29, 0.717) is 27.1 Å². The number of halogens is 1. The molecule has 0 saturated heterocycles. The van der Waals surface area contributed by atoms with Gasteiger partial charge in [0.05, 0.1) is 5.75 Å². The fourth-order valence-corrected chi connectivity index (χ4v) is 4.53. The molecule has 0 aliphatic carbocycles. The largest absolute Gasteiger partial charge is 0.352 e. The Hall–Kier alpha value is -2.42. The van der Waals surface area contributed by atoms with Gasteiger partial charge in [0.2, 0.25) is 5.91 Å². The Balaban J connectivity index is 1.81. The van der Waals surface area contributed by atoms with Crippen LogP contribution in [-0.2, 0) is 4.79 Å². The molecule has 1 heterocycles. The molecule has 2 N–H and O–H groups in total. The van der Waals surface area contributed by atoms with Crippen LogP contribution in [0.25, 0.3) is 11.3 Å². The van der Waals surface area contributed by atoms with Gasteiger partial charge in [0.1, 0.15) is 10.7 Å². The van der Waals surface area contributed by atoms with E-state index < -0.39 is 0 Å². The Morgan fingerprint density at radius 2 is 1.86 bits per heavy atom. The molecule has 3 rings (SSSR count). The molecule has 0 unspecified atom stereocenters. The highest BCUT2D eigenvalue weighted by Gasteiger charge is 2.17. The summed E-state index contributed by atoms with van der Waals surface area (Å²) in [4.78, 5) is 29.2. The monoisotopic (exact) mass is 487 g/mol. The molecule has 0 atom stereocenters. The van der Waals surface area contributed by atoms with Gasteiger partial charge in [0.25, 0.3) is 5.91 Å².